The first-order valence-corrected chi connectivity index (χ1v) is 6.08. The van der Waals surface area contributed by atoms with Gasteiger partial charge in [-0.15, -0.1) is 0 Å². The maximum atomic E-state index is 11.5. The Labute approximate surface area is 94.7 Å². The summed E-state index contributed by atoms with van der Waals surface area (Å²) in [6, 6.07) is 16.8. The van der Waals surface area contributed by atoms with Crippen molar-refractivity contribution in [3.8, 4) is 11.1 Å². The predicted molar refractivity (Wildman–Crippen MR) is 64.1 cm³/mol. The van der Waals surface area contributed by atoms with Crippen LogP contribution < -0.4 is 10.2 Å². The molecule has 0 saturated carbocycles. The van der Waals surface area contributed by atoms with Crippen LogP contribution in [0.5, 0.6) is 0 Å². The highest BCUT2D eigenvalue weighted by molar-refractivity contribution is 7.57. The molecule has 1 unspecified atom stereocenters. The van der Waals surface area contributed by atoms with Gasteiger partial charge in [0, 0.05) is 5.56 Å². The normalized spacial score (nSPS) is 10.7. The highest BCUT2D eigenvalue weighted by atomic mass is 31.1. The fourth-order valence-electron chi connectivity index (χ4n) is 1.56. The van der Waals surface area contributed by atoms with Crippen LogP contribution in [0.1, 0.15) is 0 Å². The molecule has 2 nitrogen and oxygen atoms in total. The van der Waals surface area contributed by atoms with Crippen LogP contribution in [0.3, 0.4) is 0 Å². The Morgan fingerprint density at radius 1 is 0.938 bits per heavy atom. The summed E-state index contributed by atoms with van der Waals surface area (Å²) in [5, 5.41) is 0.540. The Kier molecular flexibility index (Phi) is 3.28. The molecule has 0 aliphatic carbocycles. The molecule has 2 rings (SSSR count). The molecule has 3 heteroatoms. The third-order valence-corrected chi connectivity index (χ3v) is 3.28. The molecule has 78 valence electrons. The minimum Gasteiger partial charge on any atom is -0.616 e. The molecule has 16 heavy (non-hydrogen) atoms. The maximum Gasteiger partial charge on any atom is 0.333 e. The summed E-state index contributed by atoms with van der Waals surface area (Å²) in [6.45, 7) is 0. The number of carbonyl (C=O) groups excluding carboxylic acids is 1. The average Bonchev–Trinajstić information content (AvgIpc) is 2.39. The third-order valence-electron chi connectivity index (χ3n) is 2.29. The Morgan fingerprint density at radius 3 is 2.25 bits per heavy atom. The van der Waals surface area contributed by atoms with E-state index in [0.29, 0.717) is 5.30 Å². The Balaban J connectivity index is 2.62. The summed E-state index contributed by atoms with van der Waals surface area (Å²) < 4.78 is 0. The molecule has 1 atom stereocenters. The molecule has 0 fully saturated rings. The van der Waals surface area contributed by atoms with Crippen molar-refractivity contribution in [2.45, 2.75) is 0 Å². The highest BCUT2D eigenvalue weighted by Gasteiger charge is 2.11. The van der Waals surface area contributed by atoms with Gasteiger partial charge in [-0.2, -0.15) is 4.79 Å². The Morgan fingerprint density at radius 2 is 1.56 bits per heavy atom. The number of hydrogen-bond acceptors (Lipinski definition) is 2. The van der Waals surface area contributed by atoms with Crippen LogP contribution in [0.25, 0.3) is 11.1 Å². The molecule has 0 bridgehead atoms. The van der Waals surface area contributed by atoms with Gasteiger partial charge in [-0.1, -0.05) is 42.5 Å². The Hall–Kier alpha value is -1.72. The van der Waals surface area contributed by atoms with Crippen molar-refractivity contribution in [2.24, 2.45) is 0 Å². The van der Waals surface area contributed by atoms with Crippen LogP contribution in [0.15, 0.2) is 54.6 Å². The second-order valence-electron chi connectivity index (χ2n) is 3.27. The monoisotopic (exact) mass is 228 g/mol. The molecule has 0 radical (unpaired) electrons. The quantitative estimate of drug-likeness (QED) is 0.735. The van der Waals surface area contributed by atoms with E-state index in [1.54, 1.807) is 17.8 Å². The predicted octanol–water partition coefficient (Wildman–Crippen LogP) is 1.80. The zero-order valence-electron chi connectivity index (χ0n) is 8.46. The number of hydrogen-bond donors (Lipinski definition) is 0. The fraction of sp³-hybridized carbons (Fsp3) is 0. The van der Waals surface area contributed by atoms with Crippen molar-refractivity contribution in [1.82, 2.24) is 0 Å². The topological polar surface area (TPSA) is 40.1 Å². The smallest absolute Gasteiger partial charge is 0.333 e. The largest absolute Gasteiger partial charge is 0.616 e. The summed E-state index contributed by atoms with van der Waals surface area (Å²) in [6.07, 6.45) is 0. The second-order valence-corrected chi connectivity index (χ2v) is 4.52. The first-order chi connectivity index (χ1) is 7.83. The van der Waals surface area contributed by atoms with E-state index >= 15 is 0 Å². The highest BCUT2D eigenvalue weighted by Crippen LogP contribution is 2.22. The maximum absolute atomic E-state index is 11.5. The van der Waals surface area contributed by atoms with Crippen molar-refractivity contribution in [3.05, 3.63) is 54.6 Å². The van der Waals surface area contributed by atoms with E-state index in [-0.39, 0.29) is 0 Å². The molecular weight excluding hydrogens is 219 g/mol. The standard InChI is InChI=1S/C13H9O2P/c14-10-16(15)13-9-5-4-8-12(13)11-6-2-1-3-7-11/h1-9H. The van der Waals surface area contributed by atoms with Crippen LogP contribution in [0.2, 0.25) is 0 Å². The van der Waals surface area contributed by atoms with Crippen LogP contribution in [-0.2, 0) is 4.79 Å². The minimum atomic E-state index is -2.07. The lowest BCUT2D eigenvalue weighted by Crippen LogP contribution is -2.08. The summed E-state index contributed by atoms with van der Waals surface area (Å²) in [7, 11) is -2.07. The fourth-order valence-corrected chi connectivity index (χ4v) is 2.30. The van der Waals surface area contributed by atoms with Crippen LogP contribution in [-0.4, -0.2) is 5.66 Å². The summed E-state index contributed by atoms with van der Waals surface area (Å²) in [5.41, 5.74) is 3.33. The minimum absolute atomic E-state index is 0.540. The van der Waals surface area contributed by atoms with E-state index < -0.39 is 7.77 Å². The molecule has 0 saturated heterocycles. The van der Waals surface area contributed by atoms with Gasteiger partial charge in [0.1, 0.15) is 0 Å². The van der Waals surface area contributed by atoms with Crippen molar-refractivity contribution >= 4 is 18.7 Å². The van der Waals surface area contributed by atoms with Crippen LogP contribution >= 0.6 is 7.77 Å². The zero-order valence-corrected chi connectivity index (χ0v) is 9.35. The molecule has 0 amide bonds. The lowest BCUT2D eigenvalue weighted by Gasteiger charge is -2.03. The van der Waals surface area contributed by atoms with Crippen LogP contribution in [0.4, 0.5) is 0 Å². The number of benzene rings is 2. The van der Waals surface area contributed by atoms with Crippen LogP contribution in [0, 0.1) is 0 Å². The molecule has 0 heterocycles. The van der Waals surface area contributed by atoms with Gasteiger partial charge in [0.2, 0.25) is 0 Å². The molecular formula is C13H9O2P. The van der Waals surface area contributed by atoms with Crippen molar-refractivity contribution in [1.29, 1.82) is 0 Å². The van der Waals surface area contributed by atoms with Gasteiger partial charge in [-0.25, -0.2) is 0 Å². The van der Waals surface area contributed by atoms with Crippen molar-refractivity contribution in [2.75, 3.05) is 0 Å². The summed E-state index contributed by atoms with van der Waals surface area (Å²) in [4.78, 5) is 22.0. The van der Waals surface area contributed by atoms with Gasteiger partial charge in [0.05, 0.1) is 0 Å². The van der Waals surface area contributed by atoms with Gasteiger partial charge in [-0.05, 0) is 17.7 Å². The van der Waals surface area contributed by atoms with Gasteiger partial charge in [0.25, 0.3) is 0 Å². The van der Waals surface area contributed by atoms with Crippen molar-refractivity contribution in [3.63, 3.8) is 0 Å². The van der Waals surface area contributed by atoms with E-state index in [4.69, 9.17) is 0 Å². The van der Waals surface area contributed by atoms with Gasteiger partial charge in [-0.3, -0.25) is 0 Å². The molecule has 0 aromatic heterocycles. The third kappa shape index (κ3) is 2.10. The first kappa shape index (κ1) is 10.8. The second kappa shape index (κ2) is 4.87. The molecule has 0 aliphatic rings. The first-order valence-electron chi connectivity index (χ1n) is 4.82. The molecule has 2 aromatic rings. The van der Waals surface area contributed by atoms with Gasteiger partial charge >= 0.3 is 5.66 Å². The lowest BCUT2D eigenvalue weighted by molar-refractivity contribution is -0.149. The summed E-state index contributed by atoms with van der Waals surface area (Å²) in [5.74, 6) is 0. The number of rotatable bonds is 2. The SMILES string of the molecule is O=C=[P+]([O-])c1ccccc1-c1ccccc1. The molecule has 2 aromatic carbocycles. The van der Waals surface area contributed by atoms with Gasteiger partial charge < -0.3 is 4.89 Å². The van der Waals surface area contributed by atoms with E-state index in [0.717, 1.165) is 11.1 Å². The van der Waals surface area contributed by atoms with E-state index in [1.165, 1.54) is 0 Å². The van der Waals surface area contributed by atoms with E-state index in [9.17, 15) is 9.69 Å². The Bertz CT molecular complexity index is 543. The van der Waals surface area contributed by atoms with Crippen molar-refractivity contribution < 1.29 is 9.69 Å². The molecule has 0 N–H and O–H groups in total. The average molecular weight is 228 g/mol. The molecule has 0 aliphatic heterocycles. The molecule has 0 spiro atoms. The zero-order chi connectivity index (χ0) is 11.4. The van der Waals surface area contributed by atoms with Gasteiger partial charge in [0.15, 0.2) is 13.1 Å². The summed E-state index contributed by atoms with van der Waals surface area (Å²) >= 11 is 0. The van der Waals surface area contributed by atoms with E-state index in [2.05, 4.69) is 0 Å². The van der Waals surface area contributed by atoms with E-state index in [1.807, 2.05) is 42.5 Å². The lowest BCUT2D eigenvalue weighted by atomic mass is 10.1.